The smallest absolute Gasteiger partial charge is 0.142 e. The fourth-order valence-corrected chi connectivity index (χ4v) is 1.53. The minimum Gasteiger partial charge on any atom is -0.299 e. The van der Waals surface area contributed by atoms with Crippen molar-refractivity contribution in [1.82, 2.24) is 0 Å². The first-order chi connectivity index (χ1) is 7.47. The Hall–Kier alpha value is -1.11. The summed E-state index contributed by atoms with van der Waals surface area (Å²) in [5.41, 5.74) is 2.25. The van der Waals surface area contributed by atoms with E-state index in [9.17, 15) is 4.79 Å². The molecule has 0 spiro atoms. The van der Waals surface area contributed by atoms with Crippen LogP contribution in [0.4, 0.5) is 0 Å². The van der Waals surface area contributed by atoms with Crippen LogP contribution in [0.5, 0.6) is 0 Å². The molecule has 0 saturated heterocycles. The van der Waals surface area contributed by atoms with Crippen LogP contribution in [-0.2, 0) is 4.79 Å². The van der Waals surface area contributed by atoms with Gasteiger partial charge in [-0.2, -0.15) is 0 Å². The molecule has 0 N–H and O–H groups in total. The van der Waals surface area contributed by atoms with Gasteiger partial charge in [-0.05, 0) is 44.6 Å². The van der Waals surface area contributed by atoms with E-state index in [4.69, 9.17) is 0 Å². The highest BCUT2D eigenvalue weighted by atomic mass is 16.1. The molecule has 0 amide bonds. The van der Waals surface area contributed by atoms with Gasteiger partial charge in [-0.25, -0.2) is 0 Å². The number of aldehydes is 1. The highest BCUT2D eigenvalue weighted by molar-refractivity contribution is 5.65. The molecule has 0 fully saturated rings. The van der Waals surface area contributed by atoms with Gasteiger partial charge < -0.3 is 0 Å². The zero-order valence-electron chi connectivity index (χ0n) is 11.0. The molecule has 0 aromatic heterocycles. The van der Waals surface area contributed by atoms with Gasteiger partial charge in [0.05, 0.1) is 0 Å². The lowest BCUT2D eigenvalue weighted by molar-refractivity contribution is -0.104. The minimum atomic E-state index is 0.562. The molecule has 16 heavy (non-hydrogen) atoms. The van der Waals surface area contributed by atoms with E-state index in [1.807, 2.05) is 13.8 Å². The topological polar surface area (TPSA) is 17.1 Å². The second-order valence-electron chi connectivity index (χ2n) is 4.80. The Balaban J connectivity index is 4.30. The van der Waals surface area contributed by atoms with Gasteiger partial charge in [-0.1, -0.05) is 43.7 Å². The zero-order chi connectivity index (χ0) is 12.6. The highest BCUT2D eigenvalue weighted by Gasteiger charge is 2.09. The molecule has 0 aromatic rings. The number of hydrogen-bond acceptors (Lipinski definition) is 1. The van der Waals surface area contributed by atoms with E-state index in [2.05, 4.69) is 32.6 Å². The molecule has 1 heteroatoms. The second kappa shape index (κ2) is 8.09. The quantitative estimate of drug-likeness (QED) is 0.355. The summed E-state index contributed by atoms with van der Waals surface area (Å²) >= 11 is 0. The summed E-state index contributed by atoms with van der Waals surface area (Å²) in [6.45, 7) is 12.3. The van der Waals surface area contributed by atoms with E-state index in [0.717, 1.165) is 30.3 Å². The predicted octanol–water partition coefficient (Wildman–Crippen LogP) is 4.32. The molecule has 0 bridgehead atoms. The molecule has 0 aliphatic heterocycles. The van der Waals surface area contributed by atoms with E-state index in [0.29, 0.717) is 11.8 Å². The van der Waals surface area contributed by atoms with Crippen molar-refractivity contribution in [3.8, 4) is 0 Å². The molecular formula is C15H24O. The van der Waals surface area contributed by atoms with Gasteiger partial charge in [-0.15, -0.1) is 0 Å². The van der Waals surface area contributed by atoms with E-state index < -0.39 is 0 Å². The Morgan fingerprint density at radius 3 is 2.38 bits per heavy atom. The SMILES string of the molecule is C=C(C)C=CC(CCC(C)=CC=O)C(C)C. The Morgan fingerprint density at radius 2 is 1.94 bits per heavy atom. The van der Waals surface area contributed by atoms with Crippen LogP contribution in [0.3, 0.4) is 0 Å². The van der Waals surface area contributed by atoms with Crippen molar-refractivity contribution in [2.75, 3.05) is 0 Å². The number of rotatable bonds is 7. The Labute approximate surface area is 99.9 Å². The zero-order valence-corrected chi connectivity index (χ0v) is 11.0. The Kier molecular flexibility index (Phi) is 7.53. The maximum Gasteiger partial charge on any atom is 0.142 e. The number of hydrogen-bond donors (Lipinski definition) is 0. The number of carbonyl (C=O) groups is 1. The third-order valence-electron chi connectivity index (χ3n) is 2.71. The van der Waals surface area contributed by atoms with Gasteiger partial charge in [0.15, 0.2) is 0 Å². The molecule has 0 aliphatic carbocycles. The van der Waals surface area contributed by atoms with Crippen molar-refractivity contribution < 1.29 is 4.79 Å². The fourth-order valence-electron chi connectivity index (χ4n) is 1.53. The van der Waals surface area contributed by atoms with Gasteiger partial charge in [0.2, 0.25) is 0 Å². The van der Waals surface area contributed by atoms with Crippen molar-refractivity contribution in [2.24, 2.45) is 11.8 Å². The van der Waals surface area contributed by atoms with Crippen LogP contribution in [0.1, 0.15) is 40.5 Å². The normalized spacial score (nSPS) is 14.4. The van der Waals surface area contributed by atoms with Gasteiger partial charge in [-0.3, -0.25) is 4.79 Å². The standard InChI is InChI=1S/C15H24O/c1-12(2)6-8-15(13(3)4)9-7-14(5)10-11-16/h6,8,10-11,13,15H,1,7,9H2,2-5H3. The summed E-state index contributed by atoms with van der Waals surface area (Å²) in [4.78, 5) is 10.3. The third kappa shape index (κ3) is 7.22. The molecule has 1 nitrogen and oxygen atoms in total. The fraction of sp³-hybridized carbons (Fsp3) is 0.533. The summed E-state index contributed by atoms with van der Waals surface area (Å²) in [5.74, 6) is 1.19. The monoisotopic (exact) mass is 220 g/mol. The average Bonchev–Trinajstić information content (AvgIpc) is 2.17. The van der Waals surface area contributed by atoms with E-state index in [1.165, 1.54) is 0 Å². The number of carbonyl (C=O) groups excluding carboxylic acids is 1. The molecule has 0 aromatic carbocycles. The molecule has 1 atom stereocenters. The largest absolute Gasteiger partial charge is 0.299 e. The molecule has 90 valence electrons. The van der Waals surface area contributed by atoms with E-state index >= 15 is 0 Å². The summed E-state index contributed by atoms with van der Waals surface area (Å²) in [5, 5.41) is 0. The van der Waals surface area contributed by atoms with Crippen LogP contribution in [0.25, 0.3) is 0 Å². The first-order valence-corrected chi connectivity index (χ1v) is 5.92. The van der Waals surface area contributed by atoms with Crippen LogP contribution in [0.2, 0.25) is 0 Å². The van der Waals surface area contributed by atoms with Crippen LogP contribution in [-0.4, -0.2) is 6.29 Å². The van der Waals surface area contributed by atoms with Crippen molar-refractivity contribution in [3.63, 3.8) is 0 Å². The van der Waals surface area contributed by atoms with Gasteiger partial charge in [0, 0.05) is 0 Å². The summed E-state index contributed by atoms with van der Waals surface area (Å²) in [7, 11) is 0. The van der Waals surface area contributed by atoms with Crippen LogP contribution in [0.15, 0.2) is 36.0 Å². The minimum absolute atomic E-state index is 0.562. The molecule has 1 unspecified atom stereocenters. The second-order valence-corrected chi connectivity index (χ2v) is 4.80. The average molecular weight is 220 g/mol. The lowest BCUT2D eigenvalue weighted by Gasteiger charge is -2.17. The molecule has 0 saturated carbocycles. The van der Waals surface area contributed by atoms with E-state index in [1.54, 1.807) is 6.08 Å². The van der Waals surface area contributed by atoms with Crippen LogP contribution >= 0.6 is 0 Å². The molecule has 0 radical (unpaired) electrons. The van der Waals surface area contributed by atoms with Crippen molar-refractivity contribution in [2.45, 2.75) is 40.5 Å². The lowest BCUT2D eigenvalue weighted by atomic mass is 9.89. The summed E-state index contributed by atoms with van der Waals surface area (Å²) < 4.78 is 0. The first kappa shape index (κ1) is 14.9. The maximum atomic E-state index is 10.3. The molecule has 0 rings (SSSR count). The third-order valence-corrected chi connectivity index (χ3v) is 2.71. The van der Waals surface area contributed by atoms with Crippen LogP contribution < -0.4 is 0 Å². The summed E-state index contributed by atoms with van der Waals surface area (Å²) in [6.07, 6.45) is 8.92. The predicted molar refractivity (Wildman–Crippen MR) is 71.3 cm³/mol. The number of allylic oxidation sites excluding steroid dienone is 5. The Morgan fingerprint density at radius 1 is 1.31 bits per heavy atom. The van der Waals surface area contributed by atoms with Gasteiger partial charge in [0.1, 0.15) is 6.29 Å². The Bertz CT molecular complexity index is 282. The summed E-state index contributed by atoms with van der Waals surface area (Å²) in [6, 6.07) is 0. The highest BCUT2D eigenvalue weighted by Crippen LogP contribution is 2.21. The maximum absolute atomic E-state index is 10.3. The van der Waals surface area contributed by atoms with Gasteiger partial charge >= 0.3 is 0 Å². The first-order valence-electron chi connectivity index (χ1n) is 5.92. The molecule has 0 aliphatic rings. The van der Waals surface area contributed by atoms with E-state index in [-0.39, 0.29) is 0 Å². The van der Waals surface area contributed by atoms with Crippen LogP contribution in [0, 0.1) is 11.8 Å². The van der Waals surface area contributed by atoms with Gasteiger partial charge in [0.25, 0.3) is 0 Å². The van der Waals surface area contributed by atoms with Crippen molar-refractivity contribution >= 4 is 6.29 Å². The van der Waals surface area contributed by atoms with Crippen molar-refractivity contribution in [1.29, 1.82) is 0 Å². The molecular weight excluding hydrogens is 196 g/mol. The van der Waals surface area contributed by atoms with Crippen molar-refractivity contribution in [3.05, 3.63) is 36.0 Å². The lowest BCUT2D eigenvalue weighted by Crippen LogP contribution is -2.05. The molecule has 0 heterocycles.